The van der Waals surface area contributed by atoms with Crippen molar-refractivity contribution >= 4 is 5.91 Å². The SMILES string of the molecule is CC1CCOC(CNC(=O)C2CNC2)C1. The van der Waals surface area contributed by atoms with E-state index in [1.54, 1.807) is 0 Å². The summed E-state index contributed by atoms with van der Waals surface area (Å²) in [4.78, 5) is 11.5. The molecule has 1 amide bonds. The Morgan fingerprint density at radius 3 is 2.93 bits per heavy atom. The number of hydrogen-bond donors (Lipinski definition) is 2. The molecule has 0 aliphatic carbocycles. The lowest BCUT2D eigenvalue weighted by Crippen LogP contribution is -2.52. The molecule has 2 saturated heterocycles. The first-order valence-corrected chi connectivity index (χ1v) is 5.85. The first-order chi connectivity index (χ1) is 7.25. The molecule has 2 atom stereocenters. The molecule has 2 aliphatic rings. The van der Waals surface area contributed by atoms with Gasteiger partial charge in [0.25, 0.3) is 0 Å². The summed E-state index contributed by atoms with van der Waals surface area (Å²) in [5.74, 6) is 1.09. The molecular weight excluding hydrogens is 192 g/mol. The van der Waals surface area contributed by atoms with E-state index >= 15 is 0 Å². The van der Waals surface area contributed by atoms with E-state index in [2.05, 4.69) is 17.6 Å². The van der Waals surface area contributed by atoms with Gasteiger partial charge in [-0.05, 0) is 18.8 Å². The molecule has 4 heteroatoms. The van der Waals surface area contributed by atoms with Gasteiger partial charge in [0.05, 0.1) is 12.0 Å². The molecule has 0 aromatic carbocycles. The van der Waals surface area contributed by atoms with Crippen LogP contribution in [0.1, 0.15) is 19.8 Å². The Labute approximate surface area is 90.8 Å². The van der Waals surface area contributed by atoms with Crippen molar-refractivity contribution in [1.82, 2.24) is 10.6 Å². The van der Waals surface area contributed by atoms with Crippen LogP contribution in [-0.4, -0.2) is 38.3 Å². The molecule has 0 radical (unpaired) electrons. The summed E-state index contributed by atoms with van der Waals surface area (Å²) in [6, 6.07) is 0. The standard InChI is InChI=1S/C11H20N2O2/c1-8-2-3-15-10(4-8)7-13-11(14)9-5-12-6-9/h8-10,12H,2-7H2,1H3,(H,13,14). The van der Waals surface area contributed by atoms with Gasteiger partial charge in [-0.25, -0.2) is 0 Å². The number of hydrogen-bond acceptors (Lipinski definition) is 3. The molecule has 2 fully saturated rings. The van der Waals surface area contributed by atoms with E-state index in [1.165, 1.54) is 0 Å². The van der Waals surface area contributed by atoms with Crippen molar-refractivity contribution in [1.29, 1.82) is 0 Å². The lowest BCUT2D eigenvalue weighted by atomic mass is 9.97. The van der Waals surface area contributed by atoms with Crippen LogP contribution in [0.5, 0.6) is 0 Å². The van der Waals surface area contributed by atoms with Crippen LogP contribution in [0.3, 0.4) is 0 Å². The van der Waals surface area contributed by atoms with Crippen molar-refractivity contribution in [3.8, 4) is 0 Å². The van der Waals surface area contributed by atoms with E-state index in [0.717, 1.165) is 38.5 Å². The predicted octanol–water partition coefficient (Wildman–Crippen LogP) is 0.137. The monoisotopic (exact) mass is 212 g/mol. The Balaban J connectivity index is 1.65. The van der Waals surface area contributed by atoms with Gasteiger partial charge >= 0.3 is 0 Å². The van der Waals surface area contributed by atoms with E-state index in [0.29, 0.717) is 6.54 Å². The third-order valence-electron chi connectivity index (χ3n) is 3.29. The van der Waals surface area contributed by atoms with Crippen LogP contribution in [0.15, 0.2) is 0 Å². The lowest BCUT2D eigenvalue weighted by Gasteiger charge is -2.30. The highest BCUT2D eigenvalue weighted by molar-refractivity contribution is 5.80. The Kier molecular flexibility index (Phi) is 3.59. The quantitative estimate of drug-likeness (QED) is 0.699. The fourth-order valence-corrected chi connectivity index (χ4v) is 2.05. The summed E-state index contributed by atoms with van der Waals surface area (Å²) in [6.45, 7) is 5.42. The minimum atomic E-state index is 0.176. The summed E-state index contributed by atoms with van der Waals surface area (Å²) >= 11 is 0. The van der Waals surface area contributed by atoms with Gasteiger partial charge < -0.3 is 15.4 Å². The molecule has 2 N–H and O–H groups in total. The van der Waals surface area contributed by atoms with Gasteiger partial charge in [0.2, 0.25) is 5.91 Å². The third kappa shape index (κ3) is 2.92. The minimum absolute atomic E-state index is 0.176. The second-order valence-corrected chi connectivity index (χ2v) is 4.72. The van der Waals surface area contributed by atoms with Gasteiger partial charge in [-0.3, -0.25) is 4.79 Å². The molecule has 0 aromatic heterocycles. The molecular formula is C11H20N2O2. The number of ether oxygens (including phenoxy) is 1. The molecule has 86 valence electrons. The summed E-state index contributed by atoms with van der Waals surface area (Å²) in [7, 11) is 0. The second-order valence-electron chi connectivity index (χ2n) is 4.72. The highest BCUT2D eigenvalue weighted by Crippen LogP contribution is 2.18. The van der Waals surface area contributed by atoms with Crippen LogP contribution >= 0.6 is 0 Å². The van der Waals surface area contributed by atoms with Crippen LogP contribution in [0.2, 0.25) is 0 Å². The van der Waals surface area contributed by atoms with Crippen LogP contribution in [0, 0.1) is 11.8 Å². The molecule has 2 unspecified atom stereocenters. The van der Waals surface area contributed by atoms with Gasteiger partial charge in [-0.15, -0.1) is 0 Å². The number of nitrogens with one attached hydrogen (secondary N) is 2. The maximum atomic E-state index is 11.5. The van der Waals surface area contributed by atoms with E-state index in [9.17, 15) is 4.79 Å². The molecule has 2 heterocycles. The van der Waals surface area contributed by atoms with Crippen molar-refractivity contribution < 1.29 is 9.53 Å². The van der Waals surface area contributed by atoms with Gasteiger partial charge in [-0.2, -0.15) is 0 Å². The normalized spacial score (nSPS) is 32.1. The van der Waals surface area contributed by atoms with Crippen LogP contribution in [0.4, 0.5) is 0 Å². The Morgan fingerprint density at radius 2 is 2.33 bits per heavy atom. The fraction of sp³-hybridized carbons (Fsp3) is 0.909. The minimum Gasteiger partial charge on any atom is -0.376 e. The van der Waals surface area contributed by atoms with Crippen LogP contribution in [-0.2, 0) is 9.53 Å². The number of rotatable bonds is 3. The molecule has 0 aromatic rings. The molecule has 2 aliphatic heterocycles. The maximum absolute atomic E-state index is 11.5. The maximum Gasteiger partial charge on any atom is 0.225 e. The Bertz CT molecular complexity index is 229. The smallest absolute Gasteiger partial charge is 0.225 e. The van der Waals surface area contributed by atoms with E-state index < -0.39 is 0 Å². The predicted molar refractivity (Wildman–Crippen MR) is 57.5 cm³/mol. The fourth-order valence-electron chi connectivity index (χ4n) is 2.05. The van der Waals surface area contributed by atoms with Crippen LogP contribution in [0.25, 0.3) is 0 Å². The summed E-state index contributed by atoms with van der Waals surface area (Å²) in [5, 5.41) is 6.07. The van der Waals surface area contributed by atoms with Gasteiger partial charge in [-0.1, -0.05) is 6.92 Å². The van der Waals surface area contributed by atoms with Crippen molar-refractivity contribution in [2.24, 2.45) is 11.8 Å². The molecule has 0 spiro atoms. The number of carbonyl (C=O) groups excluding carboxylic acids is 1. The first-order valence-electron chi connectivity index (χ1n) is 5.85. The lowest BCUT2D eigenvalue weighted by molar-refractivity contribution is -0.127. The van der Waals surface area contributed by atoms with E-state index in [4.69, 9.17) is 4.74 Å². The van der Waals surface area contributed by atoms with Crippen molar-refractivity contribution in [2.75, 3.05) is 26.2 Å². The average Bonchev–Trinajstić information content (AvgIpc) is 2.12. The van der Waals surface area contributed by atoms with E-state index in [-0.39, 0.29) is 17.9 Å². The highest BCUT2D eigenvalue weighted by Gasteiger charge is 2.26. The van der Waals surface area contributed by atoms with Crippen LogP contribution < -0.4 is 10.6 Å². The molecule has 0 bridgehead atoms. The summed E-state index contributed by atoms with van der Waals surface area (Å²) < 4.78 is 5.60. The van der Waals surface area contributed by atoms with Gasteiger partial charge in [0, 0.05) is 26.2 Å². The zero-order valence-corrected chi connectivity index (χ0v) is 9.29. The topological polar surface area (TPSA) is 50.4 Å². The molecule has 15 heavy (non-hydrogen) atoms. The number of amides is 1. The number of carbonyl (C=O) groups is 1. The molecule has 2 rings (SSSR count). The van der Waals surface area contributed by atoms with Crippen molar-refractivity contribution in [2.45, 2.75) is 25.9 Å². The zero-order valence-electron chi connectivity index (χ0n) is 9.29. The van der Waals surface area contributed by atoms with Crippen molar-refractivity contribution in [3.05, 3.63) is 0 Å². The van der Waals surface area contributed by atoms with E-state index in [1.807, 2.05) is 0 Å². The highest BCUT2D eigenvalue weighted by atomic mass is 16.5. The zero-order chi connectivity index (χ0) is 10.7. The van der Waals surface area contributed by atoms with Gasteiger partial charge in [0.15, 0.2) is 0 Å². The summed E-state index contributed by atoms with van der Waals surface area (Å²) in [6.07, 6.45) is 2.45. The molecule has 0 saturated carbocycles. The summed E-state index contributed by atoms with van der Waals surface area (Å²) in [5.41, 5.74) is 0. The third-order valence-corrected chi connectivity index (χ3v) is 3.29. The first kappa shape index (κ1) is 10.9. The largest absolute Gasteiger partial charge is 0.376 e. The second kappa shape index (κ2) is 4.94. The Morgan fingerprint density at radius 1 is 1.53 bits per heavy atom. The molecule has 4 nitrogen and oxygen atoms in total. The van der Waals surface area contributed by atoms with Crippen molar-refractivity contribution in [3.63, 3.8) is 0 Å². The van der Waals surface area contributed by atoms with Gasteiger partial charge in [0.1, 0.15) is 0 Å². The Hall–Kier alpha value is -0.610. The average molecular weight is 212 g/mol.